The van der Waals surface area contributed by atoms with E-state index >= 15 is 0 Å². The monoisotopic (exact) mass is 247 g/mol. The van der Waals surface area contributed by atoms with Crippen molar-refractivity contribution in [3.63, 3.8) is 0 Å². The summed E-state index contributed by atoms with van der Waals surface area (Å²) in [5.74, 6) is 0.779. The third-order valence-corrected chi connectivity index (χ3v) is 4.19. The van der Waals surface area contributed by atoms with Gasteiger partial charge in [0.2, 0.25) is 0 Å². The summed E-state index contributed by atoms with van der Waals surface area (Å²) in [6.45, 7) is 4.58. The van der Waals surface area contributed by atoms with Crippen molar-refractivity contribution in [2.75, 3.05) is 43.9 Å². The Bertz CT molecular complexity index is 435. The van der Waals surface area contributed by atoms with Crippen molar-refractivity contribution in [3.05, 3.63) is 18.2 Å². The lowest BCUT2D eigenvalue weighted by Gasteiger charge is -2.39. The molecular weight excluding hydrogens is 226 g/mol. The van der Waals surface area contributed by atoms with Crippen molar-refractivity contribution in [2.24, 2.45) is 0 Å². The van der Waals surface area contributed by atoms with E-state index in [-0.39, 0.29) is 0 Å². The summed E-state index contributed by atoms with van der Waals surface area (Å²) in [5.41, 5.74) is 8.08. The Labute approximate surface area is 108 Å². The lowest BCUT2D eigenvalue weighted by Crippen LogP contribution is -2.50. The average molecular weight is 247 g/mol. The third kappa shape index (κ3) is 1.90. The standard InChI is InChI=1S/C14H21N3O/c1-18-13-6-2-5-12(14(13)15)17-9-8-16-7-3-4-11(16)10-17/h2,5-6,11H,3-4,7-10,15H2,1H3. The molecule has 1 aromatic rings. The van der Waals surface area contributed by atoms with Crippen molar-refractivity contribution in [1.82, 2.24) is 4.90 Å². The highest BCUT2D eigenvalue weighted by atomic mass is 16.5. The molecule has 2 aliphatic heterocycles. The minimum atomic E-state index is 0.712. The minimum Gasteiger partial charge on any atom is -0.495 e. The molecule has 1 atom stereocenters. The van der Waals surface area contributed by atoms with E-state index in [9.17, 15) is 0 Å². The summed E-state index contributed by atoms with van der Waals surface area (Å²) < 4.78 is 5.30. The van der Waals surface area contributed by atoms with Crippen LogP contribution in [0.1, 0.15) is 12.8 Å². The maximum atomic E-state index is 6.18. The number of piperazine rings is 1. The number of anilines is 2. The van der Waals surface area contributed by atoms with Gasteiger partial charge in [0, 0.05) is 25.7 Å². The number of nitrogens with zero attached hydrogens (tertiary/aromatic N) is 2. The topological polar surface area (TPSA) is 41.7 Å². The highest BCUT2D eigenvalue weighted by Gasteiger charge is 2.31. The molecule has 1 unspecified atom stereocenters. The largest absolute Gasteiger partial charge is 0.495 e. The van der Waals surface area contributed by atoms with Crippen LogP contribution in [-0.2, 0) is 0 Å². The molecule has 2 aliphatic rings. The Morgan fingerprint density at radius 1 is 1.28 bits per heavy atom. The molecule has 4 nitrogen and oxygen atoms in total. The molecule has 0 amide bonds. The van der Waals surface area contributed by atoms with E-state index in [0.29, 0.717) is 6.04 Å². The number of hydrogen-bond acceptors (Lipinski definition) is 4. The molecule has 2 heterocycles. The van der Waals surface area contributed by atoms with Gasteiger partial charge in [-0.1, -0.05) is 6.07 Å². The quantitative estimate of drug-likeness (QED) is 0.805. The molecule has 0 aliphatic carbocycles. The number of fused-ring (bicyclic) bond motifs is 1. The molecule has 2 saturated heterocycles. The molecule has 3 rings (SSSR count). The van der Waals surface area contributed by atoms with E-state index in [1.165, 1.54) is 19.4 Å². The number of nitrogens with two attached hydrogens (primary N) is 1. The second kappa shape index (κ2) is 4.69. The third-order valence-electron chi connectivity index (χ3n) is 4.19. The van der Waals surface area contributed by atoms with Crippen LogP contribution >= 0.6 is 0 Å². The van der Waals surface area contributed by atoms with E-state index in [1.807, 2.05) is 12.1 Å². The van der Waals surface area contributed by atoms with E-state index in [2.05, 4.69) is 15.9 Å². The molecule has 98 valence electrons. The van der Waals surface area contributed by atoms with Gasteiger partial charge in [0.25, 0.3) is 0 Å². The van der Waals surface area contributed by atoms with Crippen molar-refractivity contribution in [1.29, 1.82) is 0 Å². The maximum Gasteiger partial charge on any atom is 0.143 e. The normalized spacial score (nSPS) is 24.1. The first-order valence-corrected chi connectivity index (χ1v) is 6.71. The fourth-order valence-electron chi connectivity index (χ4n) is 3.20. The van der Waals surface area contributed by atoms with Crippen LogP contribution in [0.25, 0.3) is 0 Å². The molecule has 0 saturated carbocycles. The summed E-state index contributed by atoms with van der Waals surface area (Å²) in [6.07, 6.45) is 2.66. The zero-order valence-corrected chi connectivity index (χ0v) is 10.9. The van der Waals surface area contributed by atoms with Crippen molar-refractivity contribution in [2.45, 2.75) is 18.9 Å². The van der Waals surface area contributed by atoms with Crippen LogP contribution in [-0.4, -0.2) is 44.2 Å². The summed E-state index contributed by atoms with van der Waals surface area (Å²) in [6, 6.07) is 6.75. The zero-order chi connectivity index (χ0) is 12.5. The zero-order valence-electron chi connectivity index (χ0n) is 10.9. The number of para-hydroxylation sites is 1. The molecule has 0 bridgehead atoms. The second-order valence-corrected chi connectivity index (χ2v) is 5.17. The number of benzene rings is 1. The predicted molar refractivity (Wildman–Crippen MR) is 74.2 cm³/mol. The van der Waals surface area contributed by atoms with Gasteiger partial charge < -0.3 is 15.4 Å². The van der Waals surface area contributed by atoms with Gasteiger partial charge in [-0.25, -0.2) is 0 Å². The molecule has 1 aromatic carbocycles. The Hall–Kier alpha value is -1.42. The van der Waals surface area contributed by atoms with E-state index in [4.69, 9.17) is 10.5 Å². The number of methoxy groups -OCH3 is 1. The number of hydrogen-bond donors (Lipinski definition) is 1. The Balaban J connectivity index is 1.82. The van der Waals surface area contributed by atoms with Gasteiger partial charge in [-0.05, 0) is 31.5 Å². The fourth-order valence-corrected chi connectivity index (χ4v) is 3.20. The van der Waals surface area contributed by atoms with Crippen LogP contribution in [0.15, 0.2) is 18.2 Å². The van der Waals surface area contributed by atoms with Gasteiger partial charge in [0.1, 0.15) is 5.75 Å². The van der Waals surface area contributed by atoms with E-state index < -0.39 is 0 Å². The fraction of sp³-hybridized carbons (Fsp3) is 0.571. The molecular formula is C14H21N3O. The van der Waals surface area contributed by atoms with Crippen LogP contribution in [0.5, 0.6) is 5.75 Å². The van der Waals surface area contributed by atoms with Gasteiger partial charge in [-0.2, -0.15) is 0 Å². The Morgan fingerprint density at radius 2 is 2.17 bits per heavy atom. The van der Waals surface area contributed by atoms with Crippen LogP contribution in [0.2, 0.25) is 0 Å². The highest BCUT2D eigenvalue weighted by molar-refractivity contribution is 5.74. The average Bonchev–Trinajstić information content (AvgIpc) is 2.86. The van der Waals surface area contributed by atoms with Crippen LogP contribution in [0, 0.1) is 0 Å². The first-order valence-electron chi connectivity index (χ1n) is 6.71. The van der Waals surface area contributed by atoms with Gasteiger partial charge in [0.05, 0.1) is 18.5 Å². The maximum absolute atomic E-state index is 6.18. The smallest absolute Gasteiger partial charge is 0.143 e. The molecule has 0 aromatic heterocycles. The predicted octanol–water partition coefficient (Wildman–Crippen LogP) is 1.56. The van der Waals surface area contributed by atoms with E-state index in [0.717, 1.165) is 36.8 Å². The molecule has 2 fully saturated rings. The lowest BCUT2D eigenvalue weighted by atomic mass is 10.1. The van der Waals surface area contributed by atoms with Crippen molar-refractivity contribution in [3.8, 4) is 5.75 Å². The summed E-state index contributed by atoms with van der Waals surface area (Å²) >= 11 is 0. The van der Waals surface area contributed by atoms with Gasteiger partial charge >= 0.3 is 0 Å². The summed E-state index contributed by atoms with van der Waals surface area (Å²) in [4.78, 5) is 5.01. The van der Waals surface area contributed by atoms with Crippen LogP contribution in [0.4, 0.5) is 11.4 Å². The van der Waals surface area contributed by atoms with Crippen LogP contribution in [0.3, 0.4) is 0 Å². The van der Waals surface area contributed by atoms with Crippen LogP contribution < -0.4 is 15.4 Å². The minimum absolute atomic E-state index is 0.712. The number of ether oxygens (including phenoxy) is 1. The van der Waals surface area contributed by atoms with Crippen molar-refractivity contribution >= 4 is 11.4 Å². The first-order chi connectivity index (χ1) is 8.79. The molecule has 2 N–H and O–H groups in total. The number of nitrogen functional groups attached to an aromatic ring is 1. The Morgan fingerprint density at radius 3 is 3.00 bits per heavy atom. The van der Waals surface area contributed by atoms with Crippen molar-refractivity contribution < 1.29 is 4.74 Å². The van der Waals surface area contributed by atoms with Gasteiger partial charge in [-0.15, -0.1) is 0 Å². The highest BCUT2D eigenvalue weighted by Crippen LogP contribution is 2.34. The Kier molecular flexibility index (Phi) is 3.04. The molecule has 0 spiro atoms. The summed E-state index contributed by atoms with van der Waals surface area (Å²) in [7, 11) is 1.67. The SMILES string of the molecule is COc1cccc(N2CCN3CCCC3C2)c1N. The molecule has 0 radical (unpaired) electrons. The van der Waals surface area contributed by atoms with E-state index in [1.54, 1.807) is 7.11 Å². The second-order valence-electron chi connectivity index (χ2n) is 5.17. The number of rotatable bonds is 2. The summed E-state index contributed by atoms with van der Waals surface area (Å²) in [5, 5.41) is 0. The molecule has 18 heavy (non-hydrogen) atoms. The van der Waals surface area contributed by atoms with Gasteiger partial charge in [-0.3, -0.25) is 4.90 Å². The lowest BCUT2D eigenvalue weighted by molar-refractivity contribution is 0.231. The van der Waals surface area contributed by atoms with Gasteiger partial charge in [0.15, 0.2) is 0 Å². The first kappa shape index (κ1) is 11.7. The molecule has 4 heteroatoms.